The Balaban J connectivity index is 2.58. The minimum atomic E-state index is -3.61. The lowest BCUT2D eigenvalue weighted by molar-refractivity contribution is 0.500. The predicted octanol–water partition coefficient (Wildman–Crippen LogP) is 1.56. The van der Waals surface area contributed by atoms with Crippen molar-refractivity contribution in [1.29, 1.82) is 0 Å². The molecule has 0 atom stereocenters. The zero-order chi connectivity index (χ0) is 17.4. The van der Waals surface area contributed by atoms with Crippen LogP contribution in [0.25, 0.3) is 5.69 Å². The number of sulfonamides is 1. The van der Waals surface area contributed by atoms with Crippen molar-refractivity contribution in [2.24, 2.45) is 0 Å². The van der Waals surface area contributed by atoms with E-state index in [0.717, 1.165) is 21.5 Å². The van der Waals surface area contributed by atoms with Crippen molar-refractivity contribution >= 4 is 27.3 Å². The fourth-order valence-electron chi connectivity index (χ4n) is 1.75. The van der Waals surface area contributed by atoms with Crippen molar-refractivity contribution < 1.29 is 12.8 Å². The molecule has 8 nitrogen and oxygen atoms in total. The highest BCUT2D eigenvalue weighted by atomic mass is 35.5. The second-order valence-corrected chi connectivity index (χ2v) is 7.42. The smallest absolute Gasteiger partial charge is 0.282 e. The monoisotopic (exact) mass is 363 g/mol. The van der Waals surface area contributed by atoms with Crippen molar-refractivity contribution in [1.82, 2.24) is 19.8 Å². The summed E-state index contributed by atoms with van der Waals surface area (Å²) >= 11 is 5.85. The molecule has 0 radical (unpaired) electrons. The summed E-state index contributed by atoms with van der Waals surface area (Å²) < 4.78 is 41.5. The van der Waals surface area contributed by atoms with Gasteiger partial charge in [0.15, 0.2) is 5.82 Å². The van der Waals surface area contributed by atoms with Crippen LogP contribution in [0.5, 0.6) is 0 Å². The SMILES string of the molecule is CCS(=O)(=O)Nc1cc(-n2nnn(C(C)C)c2=O)c(F)cc1Cl. The maximum absolute atomic E-state index is 14.1. The Labute approximate surface area is 136 Å². The van der Waals surface area contributed by atoms with Gasteiger partial charge in [0.2, 0.25) is 10.0 Å². The Morgan fingerprint density at radius 3 is 2.52 bits per heavy atom. The van der Waals surface area contributed by atoms with Crippen molar-refractivity contribution in [2.45, 2.75) is 26.8 Å². The largest absolute Gasteiger partial charge is 0.368 e. The van der Waals surface area contributed by atoms with Crippen molar-refractivity contribution in [2.75, 3.05) is 10.5 Å². The molecule has 0 aliphatic carbocycles. The number of tetrazole rings is 1. The molecule has 0 spiro atoms. The van der Waals surface area contributed by atoms with Gasteiger partial charge in [0.05, 0.1) is 22.5 Å². The summed E-state index contributed by atoms with van der Waals surface area (Å²) in [6, 6.07) is 1.75. The summed E-state index contributed by atoms with van der Waals surface area (Å²) in [7, 11) is -3.61. The molecule has 0 aliphatic heterocycles. The minimum Gasteiger partial charge on any atom is -0.282 e. The van der Waals surface area contributed by atoms with Gasteiger partial charge in [0.25, 0.3) is 0 Å². The van der Waals surface area contributed by atoms with Gasteiger partial charge in [-0.3, -0.25) is 4.72 Å². The van der Waals surface area contributed by atoms with Gasteiger partial charge in [0.1, 0.15) is 5.69 Å². The molecule has 2 aromatic rings. The van der Waals surface area contributed by atoms with Crippen LogP contribution in [0.1, 0.15) is 26.8 Å². The number of hydrogen-bond acceptors (Lipinski definition) is 5. The number of nitrogens with zero attached hydrogens (tertiary/aromatic N) is 4. The fraction of sp³-hybridized carbons (Fsp3) is 0.417. The third-order valence-electron chi connectivity index (χ3n) is 3.00. The standard InChI is InChI=1S/C12H15ClFN5O3S/c1-4-23(21,22)15-10-6-11(9(14)5-8(10)13)19-12(20)18(7(2)3)16-17-19/h5-7,15H,4H2,1-3H3. The number of aromatic nitrogens is 4. The van der Waals surface area contributed by atoms with Crippen LogP contribution in [0, 0.1) is 5.82 Å². The highest BCUT2D eigenvalue weighted by Gasteiger charge is 2.18. The molecule has 0 unspecified atom stereocenters. The molecule has 0 saturated carbocycles. The second-order valence-electron chi connectivity index (χ2n) is 5.00. The predicted molar refractivity (Wildman–Crippen MR) is 84.1 cm³/mol. The summed E-state index contributed by atoms with van der Waals surface area (Å²) in [4.78, 5) is 12.2. The lowest BCUT2D eigenvalue weighted by Gasteiger charge is -2.10. The van der Waals surface area contributed by atoms with Gasteiger partial charge >= 0.3 is 5.69 Å². The van der Waals surface area contributed by atoms with E-state index in [2.05, 4.69) is 15.1 Å². The molecule has 1 aromatic carbocycles. The zero-order valence-electron chi connectivity index (χ0n) is 12.6. The first-order valence-electron chi connectivity index (χ1n) is 6.70. The highest BCUT2D eigenvalue weighted by Crippen LogP contribution is 2.27. The molecule has 0 amide bonds. The molecular formula is C12H15ClFN5O3S. The summed E-state index contributed by atoms with van der Waals surface area (Å²) in [6.45, 7) is 4.89. The lowest BCUT2D eigenvalue weighted by Crippen LogP contribution is -2.26. The van der Waals surface area contributed by atoms with Gasteiger partial charge in [0, 0.05) is 0 Å². The Hall–Kier alpha value is -1.94. The Morgan fingerprint density at radius 1 is 1.35 bits per heavy atom. The zero-order valence-corrected chi connectivity index (χ0v) is 14.2. The van der Waals surface area contributed by atoms with Crippen LogP contribution in [0.15, 0.2) is 16.9 Å². The maximum atomic E-state index is 14.1. The van der Waals surface area contributed by atoms with E-state index < -0.39 is 21.5 Å². The minimum absolute atomic E-state index is 0.0455. The molecule has 1 aromatic heterocycles. The quantitative estimate of drug-likeness (QED) is 0.869. The molecule has 0 saturated heterocycles. The van der Waals surface area contributed by atoms with Crippen LogP contribution in [0.3, 0.4) is 0 Å². The molecular weight excluding hydrogens is 349 g/mol. The summed E-state index contributed by atoms with van der Waals surface area (Å²) in [5.74, 6) is -1.01. The summed E-state index contributed by atoms with van der Waals surface area (Å²) in [5.41, 5.74) is -0.943. The van der Waals surface area contributed by atoms with E-state index in [0.29, 0.717) is 0 Å². The molecule has 2 rings (SSSR count). The van der Waals surface area contributed by atoms with Crippen molar-refractivity contribution in [3.8, 4) is 5.69 Å². The van der Waals surface area contributed by atoms with Gasteiger partial charge in [-0.2, -0.15) is 9.36 Å². The van der Waals surface area contributed by atoms with Crippen LogP contribution >= 0.6 is 11.6 Å². The van der Waals surface area contributed by atoms with Gasteiger partial charge in [-0.25, -0.2) is 17.6 Å². The Bertz CT molecular complexity index is 891. The lowest BCUT2D eigenvalue weighted by atomic mass is 10.2. The van der Waals surface area contributed by atoms with E-state index in [1.165, 1.54) is 6.92 Å². The first-order chi connectivity index (χ1) is 10.7. The van der Waals surface area contributed by atoms with Gasteiger partial charge in [-0.15, -0.1) is 0 Å². The highest BCUT2D eigenvalue weighted by molar-refractivity contribution is 7.92. The molecule has 23 heavy (non-hydrogen) atoms. The summed E-state index contributed by atoms with van der Waals surface area (Å²) in [6.07, 6.45) is 0. The number of benzene rings is 1. The first kappa shape index (κ1) is 17.4. The van der Waals surface area contributed by atoms with Crippen LogP contribution in [0.4, 0.5) is 10.1 Å². The topological polar surface area (TPSA) is 98.9 Å². The fourth-order valence-corrected chi connectivity index (χ4v) is 2.65. The first-order valence-corrected chi connectivity index (χ1v) is 8.73. The molecule has 126 valence electrons. The maximum Gasteiger partial charge on any atom is 0.368 e. The van der Waals surface area contributed by atoms with E-state index in [1.807, 2.05) is 0 Å². The van der Waals surface area contributed by atoms with E-state index in [-0.39, 0.29) is 28.2 Å². The van der Waals surface area contributed by atoms with Crippen molar-refractivity contribution in [3.63, 3.8) is 0 Å². The van der Waals surface area contributed by atoms with Crippen LogP contribution in [0.2, 0.25) is 5.02 Å². The molecule has 11 heteroatoms. The van der Waals surface area contributed by atoms with E-state index in [4.69, 9.17) is 11.6 Å². The molecule has 0 aliphatic rings. The Kier molecular flexibility index (Phi) is 4.76. The molecule has 1 heterocycles. The number of hydrogen-bond donors (Lipinski definition) is 1. The average Bonchev–Trinajstić information content (AvgIpc) is 2.83. The van der Waals surface area contributed by atoms with Crippen molar-refractivity contribution in [3.05, 3.63) is 33.5 Å². The van der Waals surface area contributed by atoms with E-state index in [1.54, 1.807) is 13.8 Å². The van der Waals surface area contributed by atoms with Crippen LogP contribution in [-0.4, -0.2) is 34.0 Å². The van der Waals surface area contributed by atoms with Crippen LogP contribution in [-0.2, 0) is 10.0 Å². The molecule has 0 fully saturated rings. The van der Waals surface area contributed by atoms with E-state index >= 15 is 0 Å². The van der Waals surface area contributed by atoms with Gasteiger partial charge in [-0.05, 0) is 43.3 Å². The van der Waals surface area contributed by atoms with Crippen LogP contribution < -0.4 is 10.4 Å². The van der Waals surface area contributed by atoms with Gasteiger partial charge < -0.3 is 0 Å². The summed E-state index contributed by atoms with van der Waals surface area (Å²) in [5, 5.41) is 7.13. The molecule has 0 bridgehead atoms. The third kappa shape index (κ3) is 3.53. The van der Waals surface area contributed by atoms with E-state index in [9.17, 15) is 17.6 Å². The number of nitrogens with one attached hydrogen (secondary N) is 1. The van der Waals surface area contributed by atoms with Gasteiger partial charge in [-0.1, -0.05) is 11.6 Å². The third-order valence-corrected chi connectivity index (χ3v) is 4.61. The normalized spacial score (nSPS) is 11.9. The number of anilines is 1. The Morgan fingerprint density at radius 2 is 2.00 bits per heavy atom. The molecule has 1 N–H and O–H groups in total. The number of rotatable bonds is 5. The average molecular weight is 364 g/mol. The second kappa shape index (κ2) is 6.28. The number of halogens is 2.